The van der Waals surface area contributed by atoms with Gasteiger partial charge in [0.2, 0.25) is 0 Å². The van der Waals surface area contributed by atoms with Crippen LogP contribution in [0.4, 0.5) is 0 Å². The maximum Gasteiger partial charge on any atom is 0.253 e. The van der Waals surface area contributed by atoms with Crippen LogP contribution in [0.15, 0.2) is 20.1 Å². The molecule has 2 fully saturated rings. The summed E-state index contributed by atoms with van der Waals surface area (Å²) in [6.45, 7) is 5.27. The molecule has 1 unspecified atom stereocenters. The standard InChI is InChI=1S/C12H18BrN3O2S2/c13-11-2-8-19-12(11)20(17,18)16-5-1-10(9-16)15-6-3-14-4-7-15/h2,8,10,14H,1,3-7,9H2. The number of rotatable bonds is 3. The molecule has 0 amide bonds. The molecule has 1 aromatic rings. The Hall–Kier alpha value is 0.01000. The predicted octanol–water partition coefficient (Wildman–Crippen LogP) is 1.18. The molecule has 20 heavy (non-hydrogen) atoms. The molecule has 2 aliphatic rings. The van der Waals surface area contributed by atoms with Crippen molar-refractivity contribution >= 4 is 37.3 Å². The second kappa shape index (κ2) is 6.02. The Morgan fingerprint density at radius 1 is 1.30 bits per heavy atom. The summed E-state index contributed by atoms with van der Waals surface area (Å²) in [5.41, 5.74) is 0. The molecule has 0 radical (unpaired) electrons. The molecular formula is C12H18BrN3O2S2. The zero-order valence-corrected chi connectivity index (χ0v) is 14.3. The van der Waals surface area contributed by atoms with E-state index in [1.807, 2.05) is 0 Å². The lowest BCUT2D eigenvalue weighted by molar-refractivity contribution is 0.179. The third-order valence-corrected chi connectivity index (χ3v) is 8.47. The number of nitrogens with one attached hydrogen (secondary N) is 1. The number of nitrogens with zero attached hydrogens (tertiary/aromatic N) is 2. The first-order chi connectivity index (χ1) is 9.59. The van der Waals surface area contributed by atoms with Crippen LogP contribution < -0.4 is 5.32 Å². The van der Waals surface area contributed by atoms with E-state index in [9.17, 15) is 8.42 Å². The van der Waals surface area contributed by atoms with E-state index in [0.29, 0.717) is 27.8 Å². The molecule has 3 rings (SSSR count). The van der Waals surface area contributed by atoms with Crippen molar-refractivity contribution in [3.63, 3.8) is 0 Å². The molecule has 1 aromatic heterocycles. The van der Waals surface area contributed by atoms with Gasteiger partial charge in [0.05, 0.1) is 0 Å². The lowest BCUT2D eigenvalue weighted by atomic mass is 10.2. The van der Waals surface area contributed by atoms with Crippen LogP contribution in [0.5, 0.6) is 0 Å². The second-order valence-electron chi connectivity index (χ2n) is 5.15. The molecule has 2 saturated heterocycles. The summed E-state index contributed by atoms with van der Waals surface area (Å²) >= 11 is 4.61. The normalized spacial score (nSPS) is 26.1. The monoisotopic (exact) mass is 379 g/mol. The van der Waals surface area contributed by atoms with Crippen LogP contribution in [0.3, 0.4) is 0 Å². The Balaban J connectivity index is 1.72. The lowest BCUT2D eigenvalue weighted by Gasteiger charge is -2.32. The molecule has 0 aromatic carbocycles. The second-order valence-corrected chi connectivity index (χ2v) is 9.05. The largest absolute Gasteiger partial charge is 0.314 e. The minimum atomic E-state index is -3.33. The topological polar surface area (TPSA) is 52.7 Å². The fraction of sp³-hybridized carbons (Fsp3) is 0.667. The zero-order chi connectivity index (χ0) is 14.2. The van der Waals surface area contributed by atoms with Crippen LogP contribution in [0, 0.1) is 0 Å². The van der Waals surface area contributed by atoms with Gasteiger partial charge in [-0.2, -0.15) is 4.31 Å². The van der Waals surface area contributed by atoms with Gasteiger partial charge in [-0.15, -0.1) is 11.3 Å². The van der Waals surface area contributed by atoms with Gasteiger partial charge in [-0.25, -0.2) is 8.42 Å². The minimum absolute atomic E-state index is 0.366. The highest BCUT2D eigenvalue weighted by Gasteiger charge is 2.36. The zero-order valence-electron chi connectivity index (χ0n) is 11.1. The van der Waals surface area contributed by atoms with E-state index in [1.165, 1.54) is 11.3 Å². The summed E-state index contributed by atoms with van der Waals surface area (Å²) < 4.78 is 28.0. The van der Waals surface area contributed by atoms with Crippen LogP contribution in [-0.4, -0.2) is 62.9 Å². The van der Waals surface area contributed by atoms with Crippen LogP contribution in [0.2, 0.25) is 0 Å². The molecule has 0 aliphatic carbocycles. The van der Waals surface area contributed by atoms with Crippen LogP contribution in [-0.2, 0) is 10.0 Å². The molecule has 0 bridgehead atoms. The van der Waals surface area contributed by atoms with Crippen molar-refractivity contribution in [2.75, 3.05) is 39.3 Å². The van der Waals surface area contributed by atoms with Gasteiger partial charge in [-0.3, -0.25) is 4.90 Å². The Bertz CT molecular complexity index is 569. The summed E-state index contributed by atoms with van der Waals surface area (Å²) in [5, 5.41) is 5.14. The quantitative estimate of drug-likeness (QED) is 0.856. The van der Waals surface area contributed by atoms with E-state index in [-0.39, 0.29) is 0 Å². The van der Waals surface area contributed by atoms with Gasteiger partial charge in [0, 0.05) is 49.8 Å². The van der Waals surface area contributed by atoms with Gasteiger partial charge in [-0.05, 0) is 33.8 Å². The van der Waals surface area contributed by atoms with E-state index >= 15 is 0 Å². The van der Waals surface area contributed by atoms with Crippen molar-refractivity contribution < 1.29 is 8.42 Å². The molecule has 2 aliphatic heterocycles. The van der Waals surface area contributed by atoms with Gasteiger partial charge >= 0.3 is 0 Å². The van der Waals surface area contributed by atoms with Crippen LogP contribution in [0.25, 0.3) is 0 Å². The van der Waals surface area contributed by atoms with E-state index in [0.717, 1.165) is 32.6 Å². The summed E-state index contributed by atoms with van der Waals surface area (Å²) in [5.74, 6) is 0. The Morgan fingerprint density at radius 2 is 2.05 bits per heavy atom. The van der Waals surface area contributed by atoms with Gasteiger partial charge in [0.25, 0.3) is 10.0 Å². The molecule has 112 valence electrons. The average Bonchev–Trinajstić information content (AvgIpc) is 3.08. The van der Waals surface area contributed by atoms with E-state index in [4.69, 9.17) is 0 Å². The molecule has 0 saturated carbocycles. The average molecular weight is 380 g/mol. The summed E-state index contributed by atoms with van der Waals surface area (Å²) in [6.07, 6.45) is 0.933. The van der Waals surface area contributed by atoms with Crippen molar-refractivity contribution in [3.05, 3.63) is 15.9 Å². The van der Waals surface area contributed by atoms with Crippen molar-refractivity contribution in [1.29, 1.82) is 0 Å². The molecule has 1 atom stereocenters. The number of thiophene rings is 1. The molecule has 3 heterocycles. The number of hydrogen-bond acceptors (Lipinski definition) is 5. The highest BCUT2D eigenvalue weighted by Crippen LogP contribution is 2.32. The molecule has 8 heteroatoms. The first-order valence-corrected chi connectivity index (χ1v) is 9.88. The van der Waals surface area contributed by atoms with Gasteiger partial charge in [0.1, 0.15) is 4.21 Å². The van der Waals surface area contributed by atoms with Crippen molar-refractivity contribution in [2.24, 2.45) is 0 Å². The first kappa shape index (κ1) is 14.9. The SMILES string of the molecule is O=S(=O)(c1sccc1Br)N1CCC(N2CCNCC2)C1. The third kappa shape index (κ3) is 2.82. The van der Waals surface area contributed by atoms with Gasteiger partial charge < -0.3 is 5.32 Å². The van der Waals surface area contributed by atoms with Crippen LogP contribution in [0.1, 0.15) is 6.42 Å². The van der Waals surface area contributed by atoms with Crippen LogP contribution >= 0.6 is 27.3 Å². The van der Waals surface area contributed by atoms with E-state index in [1.54, 1.807) is 15.8 Å². The first-order valence-electron chi connectivity index (χ1n) is 6.77. The number of piperazine rings is 1. The number of halogens is 1. The Labute approximate surface area is 132 Å². The van der Waals surface area contributed by atoms with E-state index in [2.05, 4.69) is 26.1 Å². The highest BCUT2D eigenvalue weighted by atomic mass is 79.9. The maximum atomic E-state index is 12.6. The molecule has 1 N–H and O–H groups in total. The van der Waals surface area contributed by atoms with E-state index < -0.39 is 10.0 Å². The summed E-state index contributed by atoms with van der Waals surface area (Å²) in [7, 11) is -3.33. The predicted molar refractivity (Wildman–Crippen MR) is 83.6 cm³/mol. The molecule has 5 nitrogen and oxygen atoms in total. The van der Waals surface area contributed by atoms with Gasteiger partial charge in [-0.1, -0.05) is 0 Å². The summed E-state index contributed by atoms with van der Waals surface area (Å²) in [6, 6.07) is 2.16. The van der Waals surface area contributed by atoms with Crippen molar-refractivity contribution in [2.45, 2.75) is 16.7 Å². The van der Waals surface area contributed by atoms with Gasteiger partial charge in [0.15, 0.2) is 0 Å². The highest BCUT2D eigenvalue weighted by molar-refractivity contribution is 9.10. The maximum absolute atomic E-state index is 12.6. The lowest BCUT2D eigenvalue weighted by Crippen LogP contribution is -2.49. The minimum Gasteiger partial charge on any atom is -0.314 e. The fourth-order valence-corrected chi connectivity index (χ4v) is 6.80. The number of sulfonamides is 1. The summed E-state index contributed by atoms with van der Waals surface area (Å²) in [4.78, 5) is 2.41. The van der Waals surface area contributed by atoms with Crippen molar-refractivity contribution in [3.8, 4) is 0 Å². The smallest absolute Gasteiger partial charge is 0.253 e. The fourth-order valence-electron chi connectivity index (χ4n) is 2.86. The third-order valence-electron chi connectivity index (χ3n) is 3.95. The number of hydrogen-bond donors (Lipinski definition) is 1. The molecule has 0 spiro atoms. The Morgan fingerprint density at radius 3 is 2.70 bits per heavy atom. The molecular weight excluding hydrogens is 362 g/mol. The Kier molecular flexibility index (Phi) is 4.49. The van der Waals surface area contributed by atoms with Crippen molar-refractivity contribution in [1.82, 2.24) is 14.5 Å².